The highest BCUT2D eigenvalue weighted by atomic mass is 32.1. The molecule has 0 aromatic heterocycles. The normalized spacial score (nSPS) is 15.2. The van der Waals surface area contributed by atoms with Gasteiger partial charge in [-0.1, -0.05) is 6.07 Å². The molecule has 8 nitrogen and oxygen atoms in total. The van der Waals surface area contributed by atoms with E-state index in [1.54, 1.807) is 12.1 Å². The molecule has 0 atom stereocenters. The number of benzene rings is 1. The molecule has 114 valence electrons. The zero-order valence-corrected chi connectivity index (χ0v) is 12.0. The molecule has 1 heterocycles. The highest BCUT2D eigenvalue weighted by molar-refractivity contribution is 7.80. The first-order valence-electron chi connectivity index (χ1n) is 6.29. The quantitative estimate of drug-likeness (QED) is 0.416. The van der Waals surface area contributed by atoms with Crippen LogP contribution in [0.2, 0.25) is 0 Å². The van der Waals surface area contributed by atoms with Crippen LogP contribution < -0.4 is 21.3 Å². The number of nitrogens with zero attached hydrogens (tertiary/aromatic N) is 3. The lowest BCUT2D eigenvalue weighted by atomic mass is 10.1. The molecular formula is C12H16N5O3S-. The maximum atomic E-state index is 11.4. The fourth-order valence-electron chi connectivity index (χ4n) is 2.02. The number of ether oxygens (including phenoxy) is 1. The molecule has 1 aromatic rings. The topological polar surface area (TPSA) is 109 Å². The molecule has 21 heavy (non-hydrogen) atoms. The van der Waals surface area contributed by atoms with E-state index in [0.717, 1.165) is 0 Å². The van der Waals surface area contributed by atoms with Crippen molar-refractivity contribution in [2.75, 3.05) is 36.4 Å². The van der Waals surface area contributed by atoms with Crippen LogP contribution >= 0.6 is 12.2 Å². The Kier molecular flexibility index (Phi) is 5.28. The number of nitrogens with one attached hydrogen (secondary N) is 1. The molecule has 0 unspecified atom stereocenters. The van der Waals surface area contributed by atoms with Crippen molar-refractivity contribution in [3.05, 3.63) is 29.0 Å². The van der Waals surface area contributed by atoms with Crippen LogP contribution in [0, 0.1) is 5.21 Å². The van der Waals surface area contributed by atoms with Crippen molar-refractivity contribution >= 4 is 34.9 Å². The minimum atomic E-state index is -0.150. The smallest absolute Gasteiger partial charge is 0.184 e. The summed E-state index contributed by atoms with van der Waals surface area (Å²) in [5.74, 6) is 0. The Balaban J connectivity index is 2.22. The van der Waals surface area contributed by atoms with Gasteiger partial charge in [-0.2, -0.15) is 5.10 Å². The molecule has 1 fully saturated rings. The maximum absolute atomic E-state index is 11.4. The van der Waals surface area contributed by atoms with E-state index in [-0.39, 0.29) is 16.0 Å². The van der Waals surface area contributed by atoms with E-state index in [2.05, 4.69) is 22.7 Å². The molecule has 9 heteroatoms. The molecule has 1 aliphatic rings. The van der Waals surface area contributed by atoms with Gasteiger partial charge in [0.15, 0.2) is 5.11 Å². The minimum absolute atomic E-state index is 0.0454. The largest absolute Gasteiger partial charge is 0.733 e. The van der Waals surface area contributed by atoms with Crippen molar-refractivity contribution in [1.29, 1.82) is 0 Å². The summed E-state index contributed by atoms with van der Waals surface area (Å²) in [5, 5.41) is 24.4. The van der Waals surface area contributed by atoms with Crippen molar-refractivity contribution in [1.82, 2.24) is 5.43 Å². The first-order chi connectivity index (χ1) is 10.1. The van der Waals surface area contributed by atoms with Crippen LogP contribution in [0.1, 0.15) is 5.56 Å². The number of hydrogen-bond acceptors (Lipinski definition) is 7. The Morgan fingerprint density at radius 1 is 1.52 bits per heavy atom. The average Bonchev–Trinajstić information content (AvgIpc) is 2.47. The molecule has 2 rings (SSSR count). The van der Waals surface area contributed by atoms with Crippen molar-refractivity contribution in [2.45, 2.75) is 0 Å². The number of hydrogen-bond donors (Lipinski definition) is 3. The van der Waals surface area contributed by atoms with Crippen LogP contribution in [-0.4, -0.2) is 42.8 Å². The number of thiocarbonyl (C=S) groups is 1. The lowest BCUT2D eigenvalue weighted by Crippen LogP contribution is -2.37. The molecule has 4 N–H and O–H groups in total. The summed E-state index contributed by atoms with van der Waals surface area (Å²) in [6, 6.07) is 5.06. The molecule has 0 aliphatic carbocycles. The second-order valence-electron chi connectivity index (χ2n) is 4.35. The van der Waals surface area contributed by atoms with Crippen molar-refractivity contribution in [2.24, 2.45) is 10.8 Å². The first kappa shape index (κ1) is 15.4. The second kappa shape index (κ2) is 7.18. The third-order valence-corrected chi connectivity index (χ3v) is 3.04. The van der Waals surface area contributed by atoms with Crippen LogP contribution in [0.4, 0.5) is 11.4 Å². The molecule has 0 bridgehead atoms. The van der Waals surface area contributed by atoms with Crippen molar-refractivity contribution in [3.8, 4) is 0 Å². The van der Waals surface area contributed by atoms with E-state index in [1.807, 2.05) is 4.90 Å². The SMILES string of the molecule is NC(=S)NN=Cc1ccc(N2CCOCC2)c(N([O-])O)c1. The van der Waals surface area contributed by atoms with Gasteiger partial charge >= 0.3 is 0 Å². The van der Waals surface area contributed by atoms with E-state index in [1.165, 1.54) is 12.3 Å². The summed E-state index contributed by atoms with van der Waals surface area (Å²) in [5.41, 5.74) is 9.09. The predicted molar refractivity (Wildman–Crippen MR) is 84.6 cm³/mol. The first-order valence-corrected chi connectivity index (χ1v) is 6.70. The van der Waals surface area contributed by atoms with Gasteiger partial charge in [-0.15, -0.1) is 0 Å². The fraction of sp³-hybridized carbons (Fsp3) is 0.333. The Morgan fingerprint density at radius 2 is 2.24 bits per heavy atom. The third kappa shape index (κ3) is 4.26. The summed E-state index contributed by atoms with van der Waals surface area (Å²) in [4.78, 5) is 1.98. The van der Waals surface area contributed by atoms with Gasteiger partial charge in [-0.3, -0.25) is 10.6 Å². The number of morpholine rings is 1. The number of rotatable bonds is 4. The van der Waals surface area contributed by atoms with Gasteiger partial charge in [-0.25, -0.2) is 0 Å². The average molecular weight is 310 g/mol. The molecule has 1 aromatic carbocycles. The van der Waals surface area contributed by atoms with Crippen molar-refractivity contribution in [3.63, 3.8) is 0 Å². The van der Waals surface area contributed by atoms with E-state index < -0.39 is 0 Å². The maximum Gasteiger partial charge on any atom is 0.184 e. The summed E-state index contributed by atoms with van der Waals surface area (Å²) >= 11 is 4.62. The minimum Gasteiger partial charge on any atom is -0.733 e. The highest BCUT2D eigenvalue weighted by Crippen LogP contribution is 2.29. The Labute approximate surface area is 127 Å². The highest BCUT2D eigenvalue weighted by Gasteiger charge is 2.15. The van der Waals surface area contributed by atoms with Crippen LogP contribution in [-0.2, 0) is 4.74 Å². The zero-order valence-electron chi connectivity index (χ0n) is 11.2. The van der Waals surface area contributed by atoms with Crippen LogP contribution in [0.3, 0.4) is 0 Å². The predicted octanol–water partition coefficient (Wildman–Crippen LogP) is 0.384. The molecule has 0 spiro atoms. The number of hydrazone groups is 1. The number of anilines is 2. The Hall–Kier alpha value is -1.94. The second-order valence-corrected chi connectivity index (χ2v) is 4.79. The van der Waals surface area contributed by atoms with Gasteiger partial charge in [0.05, 0.1) is 30.8 Å². The van der Waals surface area contributed by atoms with E-state index >= 15 is 0 Å². The van der Waals surface area contributed by atoms with Crippen LogP contribution in [0.15, 0.2) is 23.3 Å². The number of nitrogens with two attached hydrogens (primary N) is 1. The van der Waals surface area contributed by atoms with Gasteiger partial charge in [0, 0.05) is 13.1 Å². The summed E-state index contributed by atoms with van der Waals surface area (Å²) in [6.07, 6.45) is 1.45. The van der Waals surface area contributed by atoms with E-state index in [0.29, 0.717) is 37.6 Å². The summed E-state index contributed by atoms with van der Waals surface area (Å²) in [6.45, 7) is 2.50. The van der Waals surface area contributed by atoms with Crippen molar-refractivity contribution < 1.29 is 9.94 Å². The molecule has 1 saturated heterocycles. The molecule has 1 aliphatic heterocycles. The lowest BCUT2D eigenvalue weighted by Gasteiger charge is -2.34. The molecular weight excluding hydrogens is 294 g/mol. The van der Waals surface area contributed by atoms with E-state index in [4.69, 9.17) is 10.5 Å². The third-order valence-electron chi connectivity index (χ3n) is 2.95. The van der Waals surface area contributed by atoms with Crippen LogP contribution in [0.25, 0.3) is 0 Å². The molecule has 0 radical (unpaired) electrons. The molecule has 0 saturated carbocycles. The monoisotopic (exact) mass is 310 g/mol. The van der Waals surface area contributed by atoms with Gasteiger partial charge < -0.3 is 25.8 Å². The Bertz CT molecular complexity index is 532. The fourth-order valence-corrected chi connectivity index (χ4v) is 2.07. The molecule has 0 amide bonds. The van der Waals surface area contributed by atoms with Gasteiger partial charge in [0.2, 0.25) is 0 Å². The summed E-state index contributed by atoms with van der Waals surface area (Å²) in [7, 11) is 0. The Morgan fingerprint density at radius 3 is 2.86 bits per heavy atom. The zero-order chi connectivity index (χ0) is 15.2. The standard InChI is InChI=1S/C12H16N5O3S/c13-12(21)15-14-8-9-1-2-10(11(7-9)17(18)19)16-3-5-20-6-4-16/h1-2,7-8,18H,3-6H2,(H3,13,15,21)/q-1. The van der Waals surface area contributed by atoms with E-state index in [9.17, 15) is 10.4 Å². The van der Waals surface area contributed by atoms with Gasteiger partial charge in [-0.05, 0) is 29.9 Å². The lowest BCUT2D eigenvalue weighted by molar-refractivity contribution is 0.122. The summed E-state index contributed by atoms with van der Waals surface area (Å²) < 4.78 is 5.27. The van der Waals surface area contributed by atoms with Gasteiger partial charge in [0.1, 0.15) is 0 Å². The van der Waals surface area contributed by atoms with Gasteiger partial charge in [0.25, 0.3) is 0 Å². The van der Waals surface area contributed by atoms with Crippen LogP contribution in [0.5, 0.6) is 0 Å².